The molecular formula is C23H35N5O3. The van der Waals surface area contributed by atoms with Crippen LogP contribution in [-0.2, 0) is 17.6 Å². The first-order chi connectivity index (χ1) is 15.0. The van der Waals surface area contributed by atoms with Crippen LogP contribution in [0.15, 0.2) is 6.20 Å². The monoisotopic (exact) mass is 429 g/mol. The third kappa shape index (κ3) is 4.84. The van der Waals surface area contributed by atoms with Crippen molar-refractivity contribution in [2.24, 2.45) is 5.92 Å². The molecule has 1 aliphatic carbocycles. The molecule has 1 saturated heterocycles. The number of carboxylic acid groups (broad SMARTS) is 1. The van der Waals surface area contributed by atoms with Gasteiger partial charge in [0, 0.05) is 51.0 Å². The zero-order chi connectivity index (χ0) is 22.0. The fraction of sp³-hybridized carbons (Fsp3) is 0.739. The molecule has 170 valence electrons. The highest BCUT2D eigenvalue weighted by Gasteiger charge is 2.41. The van der Waals surface area contributed by atoms with E-state index in [2.05, 4.69) is 23.7 Å². The Labute approximate surface area is 184 Å². The molecule has 8 heteroatoms. The van der Waals surface area contributed by atoms with Gasteiger partial charge in [-0.2, -0.15) is 0 Å². The number of urea groups is 1. The summed E-state index contributed by atoms with van der Waals surface area (Å²) >= 11 is 0. The second-order valence-electron chi connectivity index (χ2n) is 9.31. The zero-order valence-electron chi connectivity index (χ0n) is 18.8. The number of aromatic nitrogens is 2. The fourth-order valence-electron chi connectivity index (χ4n) is 5.44. The lowest BCUT2D eigenvalue weighted by Gasteiger charge is -2.36. The Bertz CT molecular complexity index is 808. The molecule has 1 unspecified atom stereocenters. The summed E-state index contributed by atoms with van der Waals surface area (Å²) in [4.78, 5) is 40.0. The second kappa shape index (κ2) is 9.51. The maximum atomic E-state index is 13.3. The quantitative estimate of drug-likeness (QED) is 0.748. The number of rotatable bonds is 6. The Morgan fingerprint density at radius 2 is 1.87 bits per heavy atom. The largest absolute Gasteiger partial charge is 0.481 e. The highest BCUT2D eigenvalue weighted by Crippen LogP contribution is 2.34. The molecule has 0 bridgehead atoms. The van der Waals surface area contributed by atoms with E-state index in [1.54, 1.807) is 11.1 Å². The first-order valence-electron chi connectivity index (χ1n) is 11.8. The molecule has 3 heterocycles. The molecule has 4 rings (SSSR count). The van der Waals surface area contributed by atoms with Crippen molar-refractivity contribution in [1.29, 1.82) is 0 Å². The molecule has 1 saturated carbocycles. The summed E-state index contributed by atoms with van der Waals surface area (Å²) in [5.41, 5.74) is 2.10. The number of carbonyl (C=O) groups is 2. The van der Waals surface area contributed by atoms with Gasteiger partial charge in [0.25, 0.3) is 0 Å². The van der Waals surface area contributed by atoms with Gasteiger partial charge in [-0.05, 0) is 51.5 Å². The van der Waals surface area contributed by atoms with E-state index in [0.29, 0.717) is 18.3 Å². The molecule has 0 radical (unpaired) electrons. The molecule has 1 aromatic rings. The van der Waals surface area contributed by atoms with Crippen molar-refractivity contribution in [3.63, 3.8) is 0 Å². The van der Waals surface area contributed by atoms with Crippen LogP contribution in [0.5, 0.6) is 0 Å². The number of hydrogen-bond acceptors (Lipinski definition) is 5. The second-order valence-corrected chi connectivity index (χ2v) is 9.31. The highest BCUT2D eigenvalue weighted by atomic mass is 16.4. The first kappa shape index (κ1) is 22.0. The summed E-state index contributed by atoms with van der Waals surface area (Å²) in [6, 6.07) is 0.421. The van der Waals surface area contributed by atoms with Crippen LogP contribution in [-0.4, -0.2) is 75.1 Å². The normalized spacial score (nSPS) is 27.3. The maximum Gasteiger partial charge on any atom is 0.326 e. The van der Waals surface area contributed by atoms with Gasteiger partial charge < -0.3 is 14.9 Å². The van der Waals surface area contributed by atoms with Gasteiger partial charge in [0.05, 0.1) is 17.6 Å². The van der Waals surface area contributed by atoms with Crippen LogP contribution in [0.4, 0.5) is 10.6 Å². The zero-order valence-corrected chi connectivity index (χ0v) is 18.8. The van der Waals surface area contributed by atoms with Gasteiger partial charge in [-0.3, -0.25) is 14.7 Å². The summed E-state index contributed by atoms with van der Waals surface area (Å²) in [6.07, 6.45) is 8.48. The van der Waals surface area contributed by atoms with Crippen LogP contribution < -0.4 is 4.90 Å². The van der Waals surface area contributed by atoms with E-state index in [9.17, 15) is 9.59 Å². The van der Waals surface area contributed by atoms with Gasteiger partial charge in [0.2, 0.25) is 0 Å². The summed E-state index contributed by atoms with van der Waals surface area (Å²) in [5.74, 6) is 0.429. The lowest BCUT2D eigenvalue weighted by atomic mass is 9.82. The van der Waals surface area contributed by atoms with Crippen LogP contribution in [0.2, 0.25) is 0 Å². The molecule has 1 N–H and O–H groups in total. The smallest absolute Gasteiger partial charge is 0.326 e. The molecule has 2 amide bonds. The van der Waals surface area contributed by atoms with Gasteiger partial charge in [0.15, 0.2) is 5.82 Å². The lowest BCUT2D eigenvalue weighted by Crippen LogP contribution is -2.44. The van der Waals surface area contributed by atoms with Crippen molar-refractivity contribution in [1.82, 2.24) is 19.8 Å². The maximum absolute atomic E-state index is 13.3. The lowest BCUT2D eigenvalue weighted by molar-refractivity contribution is -0.137. The average Bonchev–Trinajstić information content (AvgIpc) is 2.94. The highest BCUT2D eigenvalue weighted by molar-refractivity contribution is 5.93. The molecule has 2 aliphatic heterocycles. The van der Waals surface area contributed by atoms with E-state index in [1.807, 2.05) is 4.90 Å². The number of anilines is 1. The number of carbonyl (C=O) groups excluding carboxylic acids is 1. The van der Waals surface area contributed by atoms with Crippen LogP contribution in [0.1, 0.15) is 63.8 Å². The minimum atomic E-state index is -0.717. The van der Waals surface area contributed by atoms with Crippen molar-refractivity contribution < 1.29 is 14.7 Å². The third-order valence-corrected chi connectivity index (χ3v) is 7.32. The van der Waals surface area contributed by atoms with Crippen LogP contribution in [0.3, 0.4) is 0 Å². The van der Waals surface area contributed by atoms with Gasteiger partial charge in [-0.25, -0.2) is 9.78 Å². The summed E-state index contributed by atoms with van der Waals surface area (Å²) < 4.78 is 0. The Hall–Kier alpha value is -2.22. The van der Waals surface area contributed by atoms with E-state index < -0.39 is 5.97 Å². The third-order valence-electron chi connectivity index (χ3n) is 7.32. The molecule has 1 aromatic heterocycles. The number of nitrogens with zero attached hydrogens (tertiary/aromatic N) is 5. The minimum Gasteiger partial charge on any atom is -0.481 e. The van der Waals surface area contributed by atoms with E-state index in [-0.39, 0.29) is 24.5 Å². The number of aliphatic carboxylic acids is 1. The Kier molecular flexibility index (Phi) is 6.74. The molecular weight excluding hydrogens is 394 g/mol. The van der Waals surface area contributed by atoms with Crippen LogP contribution >= 0.6 is 0 Å². The number of amides is 2. The van der Waals surface area contributed by atoms with Crippen LogP contribution in [0, 0.1) is 5.92 Å². The predicted octanol–water partition coefficient (Wildman–Crippen LogP) is 2.95. The molecule has 2 fully saturated rings. The topological polar surface area (TPSA) is 89.9 Å². The standard InChI is InChI=1S/C23H35N5O3/c1-3-26-12-10-19-20(11-13-26)25-21(14-24-19)27-15-16(2)28(23(27)31)18-7-4-17(5-8-18)6-9-22(29)30/h14,16-18H,3-13,15H2,1-2H3,(H,29,30)/t16?,17-,18-. The number of likely N-dealkylation sites (N-methyl/N-ethyl adjacent to an activating group) is 1. The molecule has 0 spiro atoms. The molecule has 31 heavy (non-hydrogen) atoms. The first-order valence-corrected chi connectivity index (χ1v) is 11.8. The summed E-state index contributed by atoms with van der Waals surface area (Å²) in [7, 11) is 0. The molecule has 1 atom stereocenters. The van der Waals surface area contributed by atoms with E-state index >= 15 is 0 Å². The van der Waals surface area contributed by atoms with E-state index in [4.69, 9.17) is 10.1 Å². The van der Waals surface area contributed by atoms with Crippen molar-refractivity contribution in [2.75, 3.05) is 31.1 Å². The molecule has 8 nitrogen and oxygen atoms in total. The fourth-order valence-corrected chi connectivity index (χ4v) is 5.44. The van der Waals surface area contributed by atoms with E-state index in [1.165, 1.54) is 0 Å². The molecule has 3 aliphatic rings. The Morgan fingerprint density at radius 3 is 2.55 bits per heavy atom. The SMILES string of the molecule is CCN1CCc2ncc(N3CC(C)N([C@H]4CC[C@H](CCC(=O)O)CC4)C3=O)nc2CC1. The number of carboxylic acids is 1. The number of hydrogen-bond donors (Lipinski definition) is 1. The van der Waals surface area contributed by atoms with Gasteiger partial charge in [0.1, 0.15) is 0 Å². The van der Waals surface area contributed by atoms with E-state index in [0.717, 1.165) is 76.0 Å². The predicted molar refractivity (Wildman–Crippen MR) is 118 cm³/mol. The molecule has 0 aromatic carbocycles. The minimum absolute atomic E-state index is 0.0412. The van der Waals surface area contributed by atoms with Crippen molar-refractivity contribution in [2.45, 2.75) is 77.3 Å². The summed E-state index contributed by atoms with van der Waals surface area (Å²) in [6.45, 7) is 7.98. The van der Waals surface area contributed by atoms with Crippen LogP contribution in [0.25, 0.3) is 0 Å². The number of fused-ring (bicyclic) bond motifs is 1. The van der Waals surface area contributed by atoms with Crippen molar-refractivity contribution in [3.05, 3.63) is 17.6 Å². The van der Waals surface area contributed by atoms with Crippen molar-refractivity contribution in [3.8, 4) is 0 Å². The van der Waals surface area contributed by atoms with Gasteiger partial charge >= 0.3 is 12.0 Å². The van der Waals surface area contributed by atoms with Gasteiger partial charge in [-0.1, -0.05) is 6.92 Å². The Morgan fingerprint density at radius 1 is 1.16 bits per heavy atom. The average molecular weight is 430 g/mol. The Balaban J connectivity index is 1.41. The van der Waals surface area contributed by atoms with Gasteiger partial charge in [-0.15, -0.1) is 0 Å². The summed E-state index contributed by atoms with van der Waals surface area (Å²) in [5, 5.41) is 8.92. The van der Waals surface area contributed by atoms with Crippen molar-refractivity contribution >= 4 is 17.8 Å².